The van der Waals surface area contributed by atoms with Crippen molar-refractivity contribution in [3.8, 4) is 12.3 Å². The monoisotopic (exact) mass is 168 g/mol. The molecule has 0 aromatic rings. The van der Waals surface area contributed by atoms with Gasteiger partial charge in [-0.25, -0.2) is 0 Å². The second-order valence-corrected chi connectivity index (χ2v) is 3.50. The Labute approximate surface area is 73.6 Å². The molecule has 1 unspecified atom stereocenters. The van der Waals surface area contributed by atoms with Crippen LogP contribution in [0.1, 0.15) is 32.1 Å². The van der Waals surface area contributed by atoms with Gasteiger partial charge < -0.3 is 0 Å². The quantitative estimate of drug-likeness (QED) is 0.338. The number of rotatable bonds is 2. The van der Waals surface area contributed by atoms with Crippen LogP contribution in [0.3, 0.4) is 0 Å². The Hall–Kier alpha value is -0.410. The maximum Gasteiger partial charge on any atom is 0.0518 e. The van der Waals surface area contributed by atoms with E-state index in [1.807, 2.05) is 0 Å². The van der Waals surface area contributed by atoms with Crippen molar-refractivity contribution in [1.82, 2.24) is 0 Å². The Kier molecular flexibility index (Phi) is 3.52. The summed E-state index contributed by atoms with van der Waals surface area (Å²) >= 11 is 5.96. The molecule has 0 saturated carbocycles. The van der Waals surface area contributed by atoms with Gasteiger partial charge in [0.25, 0.3) is 0 Å². The van der Waals surface area contributed by atoms with E-state index in [1.165, 1.54) is 18.4 Å². The molecule has 1 aliphatic carbocycles. The topological polar surface area (TPSA) is 0 Å². The normalized spacial score (nSPS) is 24.0. The van der Waals surface area contributed by atoms with E-state index in [0.29, 0.717) is 0 Å². The van der Waals surface area contributed by atoms with E-state index in [2.05, 4.69) is 12.0 Å². The number of halogens is 1. The van der Waals surface area contributed by atoms with Crippen LogP contribution in [-0.4, -0.2) is 5.38 Å². The largest absolute Gasteiger partial charge is 0.120 e. The van der Waals surface area contributed by atoms with Crippen LogP contribution in [0.5, 0.6) is 0 Å². The first-order chi connectivity index (χ1) is 5.33. The maximum absolute atomic E-state index is 5.96. The zero-order chi connectivity index (χ0) is 8.10. The summed E-state index contributed by atoms with van der Waals surface area (Å²) in [6, 6.07) is 0. The van der Waals surface area contributed by atoms with Crippen molar-refractivity contribution in [2.45, 2.75) is 37.5 Å². The molecule has 1 atom stereocenters. The number of hydrogen-bond donors (Lipinski definition) is 0. The number of alkyl halides is 1. The molecule has 0 radical (unpaired) electrons. The fraction of sp³-hybridized carbons (Fsp3) is 0.600. The van der Waals surface area contributed by atoms with Crippen molar-refractivity contribution in [1.29, 1.82) is 0 Å². The molecule has 0 saturated heterocycles. The van der Waals surface area contributed by atoms with Crippen molar-refractivity contribution < 1.29 is 0 Å². The molecule has 60 valence electrons. The van der Waals surface area contributed by atoms with Crippen LogP contribution < -0.4 is 0 Å². The molecule has 0 bridgehead atoms. The molecule has 0 aromatic heterocycles. The molecule has 0 heterocycles. The van der Waals surface area contributed by atoms with Gasteiger partial charge in [-0.15, -0.1) is 23.9 Å². The average Bonchev–Trinajstić information content (AvgIpc) is 2.01. The molecule has 1 heteroatoms. The van der Waals surface area contributed by atoms with E-state index < -0.39 is 0 Å². The summed E-state index contributed by atoms with van der Waals surface area (Å²) in [6.45, 7) is 0. The summed E-state index contributed by atoms with van der Waals surface area (Å²) < 4.78 is 0. The Balaban J connectivity index is 2.38. The number of terminal acetylenes is 1. The lowest BCUT2D eigenvalue weighted by Gasteiger charge is -2.15. The molecule has 1 rings (SSSR count). The SMILES string of the molecule is C#CCCC1=CC(Cl)CCC1. The minimum atomic E-state index is 0.261. The maximum atomic E-state index is 5.96. The van der Waals surface area contributed by atoms with E-state index in [-0.39, 0.29) is 5.38 Å². The van der Waals surface area contributed by atoms with Gasteiger partial charge in [0.1, 0.15) is 0 Å². The van der Waals surface area contributed by atoms with Crippen LogP contribution in [0.15, 0.2) is 11.6 Å². The van der Waals surface area contributed by atoms with Crippen molar-refractivity contribution in [3.63, 3.8) is 0 Å². The average molecular weight is 169 g/mol. The highest BCUT2D eigenvalue weighted by Gasteiger charge is 2.09. The Morgan fingerprint density at radius 2 is 2.55 bits per heavy atom. The first-order valence-corrected chi connectivity index (χ1v) is 4.53. The predicted molar refractivity (Wildman–Crippen MR) is 49.6 cm³/mol. The summed E-state index contributed by atoms with van der Waals surface area (Å²) in [5.41, 5.74) is 1.45. The molecule has 0 aromatic carbocycles. The highest BCUT2D eigenvalue weighted by atomic mass is 35.5. The van der Waals surface area contributed by atoms with Crippen molar-refractivity contribution in [2.75, 3.05) is 0 Å². The second-order valence-electron chi connectivity index (χ2n) is 2.94. The highest BCUT2D eigenvalue weighted by Crippen LogP contribution is 2.24. The zero-order valence-electron chi connectivity index (χ0n) is 6.65. The smallest absolute Gasteiger partial charge is 0.0518 e. The van der Waals surface area contributed by atoms with Gasteiger partial charge in [-0.05, 0) is 25.7 Å². The lowest BCUT2D eigenvalue weighted by Crippen LogP contribution is -2.02. The van der Waals surface area contributed by atoms with E-state index in [4.69, 9.17) is 18.0 Å². The highest BCUT2D eigenvalue weighted by molar-refractivity contribution is 6.21. The Morgan fingerprint density at radius 1 is 1.73 bits per heavy atom. The molecule has 0 nitrogen and oxygen atoms in total. The van der Waals surface area contributed by atoms with E-state index in [0.717, 1.165) is 19.3 Å². The third-order valence-electron chi connectivity index (χ3n) is 1.98. The number of hydrogen-bond acceptors (Lipinski definition) is 0. The van der Waals surface area contributed by atoms with E-state index in [1.54, 1.807) is 0 Å². The fourth-order valence-electron chi connectivity index (χ4n) is 1.39. The molecule has 0 fully saturated rings. The lowest BCUT2D eigenvalue weighted by atomic mass is 9.96. The van der Waals surface area contributed by atoms with Crippen LogP contribution in [0, 0.1) is 12.3 Å². The van der Waals surface area contributed by atoms with Gasteiger partial charge in [0, 0.05) is 6.42 Å². The summed E-state index contributed by atoms with van der Waals surface area (Å²) in [5, 5.41) is 0.261. The predicted octanol–water partition coefficient (Wildman–Crippen LogP) is 3.12. The number of allylic oxidation sites excluding steroid dienone is 2. The van der Waals surface area contributed by atoms with Gasteiger partial charge in [0.2, 0.25) is 0 Å². The first-order valence-electron chi connectivity index (χ1n) is 4.10. The minimum Gasteiger partial charge on any atom is -0.120 e. The van der Waals surface area contributed by atoms with Gasteiger partial charge in [-0.1, -0.05) is 11.6 Å². The van der Waals surface area contributed by atoms with E-state index >= 15 is 0 Å². The summed E-state index contributed by atoms with van der Waals surface area (Å²) in [4.78, 5) is 0. The molecule has 1 aliphatic rings. The second kappa shape index (κ2) is 4.46. The van der Waals surface area contributed by atoms with Crippen molar-refractivity contribution >= 4 is 11.6 Å². The van der Waals surface area contributed by atoms with Gasteiger partial charge in [-0.2, -0.15) is 0 Å². The molecule has 0 aliphatic heterocycles. The van der Waals surface area contributed by atoms with Crippen molar-refractivity contribution in [2.24, 2.45) is 0 Å². The fourth-order valence-corrected chi connectivity index (χ4v) is 1.72. The van der Waals surface area contributed by atoms with Crippen LogP contribution in [0.2, 0.25) is 0 Å². The summed E-state index contributed by atoms with van der Waals surface area (Å²) in [7, 11) is 0. The third kappa shape index (κ3) is 2.99. The van der Waals surface area contributed by atoms with Crippen LogP contribution in [0.4, 0.5) is 0 Å². The Bertz CT molecular complexity index is 186. The van der Waals surface area contributed by atoms with Gasteiger partial charge in [0.15, 0.2) is 0 Å². The Morgan fingerprint density at radius 3 is 3.18 bits per heavy atom. The molecular formula is C10H13Cl. The minimum absolute atomic E-state index is 0.261. The molecule has 0 spiro atoms. The van der Waals surface area contributed by atoms with Crippen LogP contribution in [0.25, 0.3) is 0 Å². The summed E-state index contributed by atoms with van der Waals surface area (Å²) in [6.07, 6.45) is 12.8. The standard InChI is InChI=1S/C10H13Cl/c1-2-3-5-9-6-4-7-10(11)8-9/h1,8,10H,3-7H2. The zero-order valence-corrected chi connectivity index (χ0v) is 7.40. The van der Waals surface area contributed by atoms with Gasteiger partial charge in [0.05, 0.1) is 5.38 Å². The van der Waals surface area contributed by atoms with Crippen LogP contribution >= 0.6 is 11.6 Å². The van der Waals surface area contributed by atoms with Gasteiger partial charge in [-0.3, -0.25) is 0 Å². The molecule has 11 heavy (non-hydrogen) atoms. The summed E-state index contributed by atoms with van der Waals surface area (Å²) in [5.74, 6) is 2.65. The lowest BCUT2D eigenvalue weighted by molar-refractivity contribution is 0.682. The van der Waals surface area contributed by atoms with E-state index in [9.17, 15) is 0 Å². The van der Waals surface area contributed by atoms with Gasteiger partial charge >= 0.3 is 0 Å². The molecule has 0 amide bonds. The first kappa shape index (κ1) is 8.68. The third-order valence-corrected chi connectivity index (χ3v) is 2.33. The molecule has 0 N–H and O–H groups in total. The van der Waals surface area contributed by atoms with Crippen molar-refractivity contribution in [3.05, 3.63) is 11.6 Å². The van der Waals surface area contributed by atoms with Crippen LogP contribution in [-0.2, 0) is 0 Å². The molecular weight excluding hydrogens is 156 g/mol.